The molecule has 2 rings (SSSR count). The Kier molecular flexibility index (Phi) is 4.03. The normalized spacial score (nSPS) is 35.6. The smallest absolute Gasteiger partial charge is 0.244 e. The summed E-state index contributed by atoms with van der Waals surface area (Å²) in [6.45, 7) is 6.31. The predicted molar refractivity (Wildman–Crippen MR) is 73.1 cm³/mol. The third-order valence-electron chi connectivity index (χ3n) is 4.21. The van der Waals surface area contributed by atoms with Crippen LogP contribution in [0.1, 0.15) is 46.5 Å². The number of thioether (sulfide) groups is 1. The van der Waals surface area contributed by atoms with Gasteiger partial charge < -0.3 is 4.90 Å². The van der Waals surface area contributed by atoms with Crippen LogP contribution >= 0.6 is 11.8 Å². The van der Waals surface area contributed by atoms with Crippen molar-refractivity contribution in [3.05, 3.63) is 0 Å². The Bertz CT molecular complexity index is 289. The van der Waals surface area contributed by atoms with Crippen LogP contribution in [0.25, 0.3) is 0 Å². The van der Waals surface area contributed by atoms with Crippen molar-refractivity contribution in [2.75, 3.05) is 11.5 Å². The molecule has 0 aromatic rings. The van der Waals surface area contributed by atoms with Crippen molar-refractivity contribution in [1.82, 2.24) is 10.2 Å². The molecule has 2 atom stereocenters. The van der Waals surface area contributed by atoms with Crippen LogP contribution in [0.3, 0.4) is 0 Å². The van der Waals surface area contributed by atoms with Gasteiger partial charge in [0, 0.05) is 6.04 Å². The van der Waals surface area contributed by atoms with Crippen molar-refractivity contribution in [3.8, 4) is 0 Å². The second kappa shape index (κ2) is 5.19. The third-order valence-corrected chi connectivity index (χ3v) is 5.25. The fourth-order valence-corrected chi connectivity index (χ4v) is 3.94. The van der Waals surface area contributed by atoms with Gasteiger partial charge in [0.15, 0.2) is 0 Å². The Balaban J connectivity index is 2.16. The summed E-state index contributed by atoms with van der Waals surface area (Å²) < 4.78 is 0. The summed E-state index contributed by atoms with van der Waals surface area (Å²) in [5.74, 6) is 2.73. The molecule has 4 heteroatoms. The molecule has 0 radical (unpaired) electrons. The van der Waals surface area contributed by atoms with Crippen LogP contribution in [0.15, 0.2) is 0 Å². The van der Waals surface area contributed by atoms with E-state index in [-0.39, 0.29) is 11.7 Å². The van der Waals surface area contributed by atoms with E-state index in [2.05, 4.69) is 31.0 Å². The van der Waals surface area contributed by atoms with E-state index < -0.39 is 0 Å². The first-order valence-corrected chi connectivity index (χ1v) is 7.96. The van der Waals surface area contributed by atoms with Crippen LogP contribution < -0.4 is 5.32 Å². The number of hydrogen-bond acceptors (Lipinski definition) is 3. The zero-order chi connectivity index (χ0) is 12.5. The van der Waals surface area contributed by atoms with Crippen LogP contribution in [0, 0.1) is 0 Å². The van der Waals surface area contributed by atoms with Crippen LogP contribution in [0.5, 0.6) is 0 Å². The molecule has 2 unspecified atom stereocenters. The summed E-state index contributed by atoms with van der Waals surface area (Å²) in [5.41, 5.74) is -0.328. The lowest BCUT2D eigenvalue weighted by Gasteiger charge is -2.34. The molecule has 0 spiro atoms. The minimum Gasteiger partial charge on any atom is -0.323 e. The van der Waals surface area contributed by atoms with Gasteiger partial charge in [-0.3, -0.25) is 10.1 Å². The van der Waals surface area contributed by atoms with Gasteiger partial charge in [0.1, 0.15) is 0 Å². The minimum absolute atomic E-state index is 0.251. The first-order valence-electron chi connectivity index (χ1n) is 6.80. The molecule has 2 aliphatic rings. The van der Waals surface area contributed by atoms with Gasteiger partial charge >= 0.3 is 0 Å². The monoisotopic (exact) mass is 256 g/mol. The van der Waals surface area contributed by atoms with Crippen LogP contribution in [0.4, 0.5) is 0 Å². The molecule has 2 saturated heterocycles. The van der Waals surface area contributed by atoms with Crippen molar-refractivity contribution in [3.63, 3.8) is 0 Å². The fourth-order valence-electron chi connectivity index (χ4n) is 2.86. The highest BCUT2D eigenvalue weighted by Crippen LogP contribution is 2.31. The molecule has 0 aromatic carbocycles. The standard InChI is InChI=1S/C13H24N2OS/c1-4-11-14-13(3,5-2)12(16)15(11)10-6-8-17-9-7-10/h10-11,14H,4-9H2,1-3H3. The number of hydrogen-bond donors (Lipinski definition) is 1. The average Bonchev–Trinajstić information content (AvgIpc) is 2.63. The summed E-state index contributed by atoms with van der Waals surface area (Å²) in [5, 5.41) is 3.53. The van der Waals surface area contributed by atoms with Crippen molar-refractivity contribution in [1.29, 1.82) is 0 Å². The largest absolute Gasteiger partial charge is 0.323 e. The van der Waals surface area contributed by atoms with Crippen LogP contribution in [0.2, 0.25) is 0 Å². The van der Waals surface area contributed by atoms with Gasteiger partial charge in [-0.2, -0.15) is 11.8 Å². The fraction of sp³-hybridized carbons (Fsp3) is 0.923. The summed E-state index contributed by atoms with van der Waals surface area (Å²) in [4.78, 5) is 14.7. The Labute approximate surface area is 109 Å². The van der Waals surface area contributed by atoms with Gasteiger partial charge in [-0.25, -0.2) is 0 Å². The Morgan fingerprint density at radius 1 is 1.41 bits per heavy atom. The molecule has 2 fully saturated rings. The van der Waals surface area contributed by atoms with Gasteiger partial charge in [0.2, 0.25) is 5.91 Å². The molecule has 2 heterocycles. The number of nitrogens with one attached hydrogen (secondary N) is 1. The topological polar surface area (TPSA) is 32.3 Å². The molecule has 0 saturated carbocycles. The molecule has 0 aliphatic carbocycles. The van der Waals surface area contributed by atoms with E-state index in [1.807, 2.05) is 11.8 Å². The van der Waals surface area contributed by atoms with E-state index in [0.717, 1.165) is 25.7 Å². The zero-order valence-corrected chi connectivity index (χ0v) is 12.0. The van der Waals surface area contributed by atoms with Gasteiger partial charge in [0.05, 0.1) is 11.7 Å². The lowest BCUT2D eigenvalue weighted by molar-refractivity contribution is -0.135. The van der Waals surface area contributed by atoms with E-state index in [9.17, 15) is 4.79 Å². The second-order valence-corrected chi connectivity index (χ2v) is 6.53. The Hall–Kier alpha value is -0.220. The number of rotatable bonds is 3. The highest BCUT2D eigenvalue weighted by atomic mass is 32.2. The third kappa shape index (κ3) is 2.34. The van der Waals surface area contributed by atoms with Gasteiger partial charge in [0.25, 0.3) is 0 Å². The molecular formula is C13H24N2OS. The van der Waals surface area contributed by atoms with E-state index in [0.29, 0.717) is 11.9 Å². The Morgan fingerprint density at radius 3 is 2.59 bits per heavy atom. The van der Waals surface area contributed by atoms with E-state index in [1.54, 1.807) is 0 Å². The first kappa shape index (κ1) is 13.2. The Morgan fingerprint density at radius 2 is 2.06 bits per heavy atom. The summed E-state index contributed by atoms with van der Waals surface area (Å²) in [7, 11) is 0. The molecule has 17 heavy (non-hydrogen) atoms. The summed E-state index contributed by atoms with van der Waals surface area (Å²) in [6, 6.07) is 0.467. The lowest BCUT2D eigenvalue weighted by atomic mass is 9.98. The van der Waals surface area contributed by atoms with Crippen LogP contribution in [-0.4, -0.2) is 40.1 Å². The maximum Gasteiger partial charge on any atom is 0.244 e. The van der Waals surface area contributed by atoms with E-state index >= 15 is 0 Å². The molecule has 1 amide bonds. The molecule has 98 valence electrons. The number of nitrogens with zero attached hydrogens (tertiary/aromatic N) is 1. The van der Waals surface area contributed by atoms with Gasteiger partial charge in [-0.05, 0) is 44.1 Å². The van der Waals surface area contributed by atoms with Crippen molar-refractivity contribution < 1.29 is 4.79 Å². The van der Waals surface area contributed by atoms with Gasteiger partial charge in [-0.1, -0.05) is 13.8 Å². The van der Waals surface area contributed by atoms with E-state index in [1.165, 1.54) is 11.5 Å². The number of carbonyl (C=O) groups is 1. The molecule has 1 N–H and O–H groups in total. The number of carbonyl (C=O) groups excluding carboxylic acids is 1. The predicted octanol–water partition coefficient (Wildman–Crippen LogP) is 2.22. The van der Waals surface area contributed by atoms with Gasteiger partial charge in [-0.15, -0.1) is 0 Å². The molecular weight excluding hydrogens is 232 g/mol. The van der Waals surface area contributed by atoms with Crippen molar-refractivity contribution >= 4 is 17.7 Å². The molecule has 0 aromatic heterocycles. The van der Waals surface area contributed by atoms with Crippen molar-refractivity contribution in [2.45, 2.75) is 64.2 Å². The quantitative estimate of drug-likeness (QED) is 0.840. The maximum absolute atomic E-state index is 12.6. The number of amides is 1. The maximum atomic E-state index is 12.6. The average molecular weight is 256 g/mol. The second-order valence-electron chi connectivity index (χ2n) is 5.31. The highest BCUT2D eigenvalue weighted by Gasteiger charge is 2.48. The zero-order valence-electron chi connectivity index (χ0n) is 11.2. The molecule has 0 bridgehead atoms. The summed E-state index contributed by atoms with van der Waals surface area (Å²) in [6.07, 6.45) is 4.45. The van der Waals surface area contributed by atoms with Crippen LogP contribution in [-0.2, 0) is 4.79 Å². The SMILES string of the molecule is CCC1NC(C)(CC)C(=O)N1C1CCSCC1. The highest BCUT2D eigenvalue weighted by molar-refractivity contribution is 7.99. The van der Waals surface area contributed by atoms with Crippen molar-refractivity contribution in [2.24, 2.45) is 0 Å². The molecule has 2 aliphatic heterocycles. The molecule has 3 nitrogen and oxygen atoms in total. The summed E-state index contributed by atoms with van der Waals surface area (Å²) >= 11 is 2.01. The lowest BCUT2D eigenvalue weighted by Crippen LogP contribution is -2.46. The van der Waals surface area contributed by atoms with E-state index in [4.69, 9.17) is 0 Å². The first-order chi connectivity index (χ1) is 8.12. The minimum atomic E-state index is -0.328.